The Morgan fingerprint density at radius 3 is 2.55 bits per heavy atom. The SMILES string of the molecule is CCCN(CCC)CCCNC(=O)[C@H]1c2ccccc2C(=O)N(CCOC)[C@H]1c1cccs1. The van der Waals surface area contributed by atoms with Gasteiger partial charge in [-0.3, -0.25) is 9.59 Å². The van der Waals surface area contributed by atoms with E-state index in [1.54, 1.807) is 18.4 Å². The average Bonchev–Trinajstić information content (AvgIpc) is 3.36. The molecular weight excluding hydrogens is 434 g/mol. The molecule has 6 nitrogen and oxygen atoms in total. The molecule has 2 amide bonds. The Morgan fingerprint density at radius 2 is 1.88 bits per heavy atom. The number of carbonyl (C=O) groups is 2. The van der Waals surface area contributed by atoms with Gasteiger partial charge in [0.2, 0.25) is 5.91 Å². The van der Waals surface area contributed by atoms with Crippen molar-refractivity contribution < 1.29 is 14.3 Å². The van der Waals surface area contributed by atoms with Crippen LogP contribution in [-0.4, -0.2) is 68.1 Å². The van der Waals surface area contributed by atoms with E-state index in [-0.39, 0.29) is 17.9 Å². The molecule has 0 saturated carbocycles. The van der Waals surface area contributed by atoms with E-state index in [9.17, 15) is 9.59 Å². The van der Waals surface area contributed by atoms with Gasteiger partial charge in [0.1, 0.15) is 0 Å². The number of ether oxygens (including phenoxy) is 1. The topological polar surface area (TPSA) is 61.9 Å². The predicted octanol–water partition coefficient (Wildman–Crippen LogP) is 4.30. The zero-order valence-electron chi connectivity index (χ0n) is 20.1. The van der Waals surface area contributed by atoms with Gasteiger partial charge in [-0.2, -0.15) is 0 Å². The van der Waals surface area contributed by atoms with Crippen LogP contribution in [-0.2, 0) is 9.53 Å². The van der Waals surface area contributed by atoms with Gasteiger partial charge in [-0.15, -0.1) is 11.3 Å². The van der Waals surface area contributed by atoms with Gasteiger partial charge in [-0.05, 0) is 62.0 Å². The fourth-order valence-corrected chi connectivity index (χ4v) is 5.55. The van der Waals surface area contributed by atoms with Crippen molar-refractivity contribution in [3.8, 4) is 0 Å². The molecule has 3 rings (SSSR count). The summed E-state index contributed by atoms with van der Waals surface area (Å²) in [4.78, 5) is 32.3. The molecule has 7 heteroatoms. The molecule has 1 aliphatic heterocycles. The van der Waals surface area contributed by atoms with Crippen LogP contribution in [0.5, 0.6) is 0 Å². The van der Waals surface area contributed by atoms with Crippen LogP contribution in [0.3, 0.4) is 0 Å². The smallest absolute Gasteiger partial charge is 0.254 e. The first kappa shape index (κ1) is 25.4. The minimum Gasteiger partial charge on any atom is -0.383 e. The Labute approximate surface area is 201 Å². The van der Waals surface area contributed by atoms with E-state index in [0.29, 0.717) is 25.3 Å². The van der Waals surface area contributed by atoms with Gasteiger partial charge >= 0.3 is 0 Å². The number of carbonyl (C=O) groups excluding carboxylic acids is 2. The molecule has 0 unspecified atom stereocenters. The number of benzene rings is 1. The van der Waals surface area contributed by atoms with Gasteiger partial charge in [0, 0.05) is 30.6 Å². The van der Waals surface area contributed by atoms with Crippen LogP contribution in [0.1, 0.15) is 65.9 Å². The largest absolute Gasteiger partial charge is 0.383 e. The third-order valence-corrected chi connectivity index (χ3v) is 7.07. The van der Waals surface area contributed by atoms with E-state index in [0.717, 1.165) is 49.3 Å². The lowest BCUT2D eigenvalue weighted by atomic mass is 9.81. The average molecular weight is 472 g/mol. The maximum absolute atomic E-state index is 13.6. The molecule has 33 heavy (non-hydrogen) atoms. The third-order valence-electron chi connectivity index (χ3n) is 6.12. The van der Waals surface area contributed by atoms with Crippen molar-refractivity contribution in [3.05, 3.63) is 57.8 Å². The summed E-state index contributed by atoms with van der Waals surface area (Å²) in [5.74, 6) is -0.509. The molecule has 1 N–H and O–H groups in total. The van der Waals surface area contributed by atoms with Crippen molar-refractivity contribution in [2.24, 2.45) is 0 Å². The van der Waals surface area contributed by atoms with Crippen LogP contribution >= 0.6 is 11.3 Å². The second kappa shape index (κ2) is 12.9. The van der Waals surface area contributed by atoms with Crippen molar-refractivity contribution in [1.29, 1.82) is 0 Å². The Hall–Kier alpha value is -2.22. The molecule has 1 aromatic carbocycles. The van der Waals surface area contributed by atoms with Crippen molar-refractivity contribution in [1.82, 2.24) is 15.1 Å². The summed E-state index contributed by atoms with van der Waals surface area (Å²) in [5, 5.41) is 5.19. The summed E-state index contributed by atoms with van der Waals surface area (Å²) >= 11 is 1.59. The molecule has 0 spiro atoms. The standard InChI is InChI=1S/C26H37N3O3S/c1-4-14-28(15-5-2)16-9-13-27-25(30)23-20-10-6-7-11-21(20)26(31)29(17-18-32-3)24(23)22-12-8-19-33-22/h6-8,10-12,19,23-24H,4-5,9,13-18H2,1-3H3,(H,27,30)/t23-,24-/m0/s1. The van der Waals surface area contributed by atoms with Crippen molar-refractivity contribution in [3.63, 3.8) is 0 Å². The van der Waals surface area contributed by atoms with Crippen molar-refractivity contribution in [2.75, 3.05) is 46.4 Å². The molecular formula is C26H37N3O3S. The van der Waals surface area contributed by atoms with Crippen LogP contribution in [0.2, 0.25) is 0 Å². The van der Waals surface area contributed by atoms with E-state index in [4.69, 9.17) is 4.74 Å². The highest BCUT2D eigenvalue weighted by Crippen LogP contribution is 2.44. The van der Waals surface area contributed by atoms with Gasteiger partial charge < -0.3 is 19.9 Å². The highest BCUT2D eigenvalue weighted by molar-refractivity contribution is 7.10. The van der Waals surface area contributed by atoms with E-state index < -0.39 is 5.92 Å². The number of methoxy groups -OCH3 is 1. The first-order valence-corrected chi connectivity index (χ1v) is 12.9. The van der Waals surface area contributed by atoms with Gasteiger partial charge in [-0.1, -0.05) is 38.1 Å². The number of rotatable bonds is 13. The summed E-state index contributed by atoms with van der Waals surface area (Å²) in [7, 11) is 1.63. The minimum absolute atomic E-state index is 0.0201. The van der Waals surface area contributed by atoms with E-state index in [2.05, 4.69) is 24.1 Å². The van der Waals surface area contributed by atoms with Crippen LogP contribution < -0.4 is 5.32 Å². The molecule has 2 aromatic rings. The molecule has 0 aliphatic carbocycles. The van der Waals surface area contributed by atoms with Crippen LogP contribution in [0, 0.1) is 0 Å². The Balaban J connectivity index is 1.81. The van der Waals surface area contributed by atoms with Crippen LogP contribution in [0.15, 0.2) is 41.8 Å². The minimum atomic E-state index is -0.447. The monoisotopic (exact) mass is 471 g/mol. The first-order chi connectivity index (χ1) is 16.1. The van der Waals surface area contributed by atoms with Crippen molar-refractivity contribution >= 4 is 23.2 Å². The quantitative estimate of drug-likeness (QED) is 0.443. The molecule has 1 aromatic heterocycles. The second-order valence-corrected chi connectivity index (χ2v) is 9.48. The maximum atomic E-state index is 13.6. The lowest BCUT2D eigenvalue weighted by Gasteiger charge is -2.41. The number of hydrogen-bond acceptors (Lipinski definition) is 5. The lowest BCUT2D eigenvalue weighted by molar-refractivity contribution is -0.124. The van der Waals surface area contributed by atoms with E-state index in [1.165, 1.54) is 0 Å². The van der Waals surface area contributed by atoms with Crippen LogP contribution in [0.25, 0.3) is 0 Å². The highest BCUT2D eigenvalue weighted by Gasteiger charge is 2.44. The van der Waals surface area contributed by atoms with Gasteiger partial charge in [0.15, 0.2) is 0 Å². The van der Waals surface area contributed by atoms with Gasteiger partial charge in [0.05, 0.1) is 18.6 Å². The predicted molar refractivity (Wildman–Crippen MR) is 134 cm³/mol. The highest BCUT2D eigenvalue weighted by atomic mass is 32.1. The molecule has 0 bridgehead atoms. The zero-order valence-corrected chi connectivity index (χ0v) is 20.9. The summed E-state index contributed by atoms with van der Waals surface area (Å²) in [6.45, 7) is 9.07. The molecule has 0 radical (unpaired) electrons. The Morgan fingerprint density at radius 1 is 1.12 bits per heavy atom. The fourth-order valence-electron chi connectivity index (χ4n) is 4.68. The fraction of sp³-hybridized carbons (Fsp3) is 0.538. The molecule has 2 atom stereocenters. The molecule has 180 valence electrons. The zero-order chi connectivity index (χ0) is 23.6. The first-order valence-electron chi connectivity index (χ1n) is 12.0. The summed E-state index contributed by atoms with van der Waals surface area (Å²) in [6, 6.07) is 11.2. The van der Waals surface area contributed by atoms with E-state index >= 15 is 0 Å². The number of nitrogens with one attached hydrogen (secondary N) is 1. The number of hydrogen-bond donors (Lipinski definition) is 1. The summed E-state index contributed by atoms with van der Waals surface area (Å²) in [5.41, 5.74) is 1.42. The van der Waals surface area contributed by atoms with E-state index in [1.807, 2.05) is 46.7 Å². The Bertz CT molecular complexity index is 881. The Kier molecular flexibility index (Phi) is 9.91. The number of amides is 2. The second-order valence-electron chi connectivity index (χ2n) is 8.50. The molecule has 2 heterocycles. The van der Waals surface area contributed by atoms with Crippen molar-refractivity contribution in [2.45, 2.75) is 45.1 Å². The maximum Gasteiger partial charge on any atom is 0.254 e. The molecule has 0 saturated heterocycles. The third kappa shape index (κ3) is 6.22. The number of fused-ring (bicyclic) bond motifs is 1. The van der Waals surface area contributed by atoms with Gasteiger partial charge in [-0.25, -0.2) is 0 Å². The summed E-state index contributed by atoms with van der Waals surface area (Å²) in [6.07, 6.45) is 3.19. The number of nitrogens with zero attached hydrogens (tertiary/aromatic N) is 2. The number of thiophene rings is 1. The van der Waals surface area contributed by atoms with Gasteiger partial charge in [0.25, 0.3) is 5.91 Å². The van der Waals surface area contributed by atoms with Crippen LogP contribution in [0.4, 0.5) is 0 Å². The molecule has 0 fully saturated rings. The molecule has 1 aliphatic rings. The normalized spacial score (nSPS) is 17.9. The lowest BCUT2D eigenvalue weighted by Crippen LogP contribution is -2.48. The summed E-state index contributed by atoms with van der Waals surface area (Å²) < 4.78 is 5.29.